The summed E-state index contributed by atoms with van der Waals surface area (Å²) in [5.74, 6) is -0.324. The number of hydrogen-bond acceptors (Lipinski definition) is 2. The van der Waals surface area contributed by atoms with Gasteiger partial charge in [-0.1, -0.05) is 43.7 Å². The molecule has 1 aromatic heterocycles. The van der Waals surface area contributed by atoms with Crippen molar-refractivity contribution in [2.75, 3.05) is 0 Å². The normalized spacial score (nSPS) is 12.0. The first-order valence-electron chi connectivity index (χ1n) is 7.78. The number of rotatable bonds is 6. The van der Waals surface area contributed by atoms with Crippen LogP contribution in [0.25, 0.3) is 0 Å². The number of aromatic nitrogens is 1. The minimum Gasteiger partial charge on any atom is -0.345 e. The average Bonchev–Trinajstić information content (AvgIpc) is 2.55. The molecule has 0 saturated heterocycles. The third kappa shape index (κ3) is 4.67. The van der Waals surface area contributed by atoms with Crippen LogP contribution in [0.2, 0.25) is 0 Å². The van der Waals surface area contributed by atoms with Crippen LogP contribution in [-0.4, -0.2) is 10.5 Å². The number of amides is 1. The highest BCUT2D eigenvalue weighted by molar-refractivity contribution is 14.1. The zero-order valence-electron chi connectivity index (χ0n) is 13.4. The lowest BCUT2D eigenvalue weighted by Gasteiger charge is -2.15. The van der Waals surface area contributed by atoms with Crippen molar-refractivity contribution in [1.82, 2.24) is 9.88 Å². The van der Waals surface area contributed by atoms with Crippen molar-refractivity contribution in [2.45, 2.75) is 39.3 Å². The molecular weight excluding hydrogens is 403 g/mol. The van der Waals surface area contributed by atoms with Crippen LogP contribution in [0.15, 0.2) is 47.4 Å². The fraction of sp³-hybridized carbons (Fsp3) is 0.333. The second-order valence-corrected chi connectivity index (χ2v) is 6.78. The van der Waals surface area contributed by atoms with Gasteiger partial charge in [0.15, 0.2) is 0 Å². The molecule has 0 aliphatic rings. The highest BCUT2D eigenvalue weighted by Crippen LogP contribution is 2.12. The topological polar surface area (TPSA) is 51.1 Å². The van der Waals surface area contributed by atoms with Gasteiger partial charge in [0.2, 0.25) is 0 Å². The summed E-state index contributed by atoms with van der Waals surface area (Å²) >= 11 is 2.14. The first-order valence-corrected chi connectivity index (χ1v) is 8.86. The average molecular weight is 424 g/mol. The number of carbonyl (C=O) groups excluding carboxylic acids is 1. The molecule has 122 valence electrons. The van der Waals surface area contributed by atoms with Gasteiger partial charge in [0, 0.05) is 16.3 Å². The van der Waals surface area contributed by atoms with Gasteiger partial charge in [-0.25, -0.2) is 0 Å². The van der Waals surface area contributed by atoms with Crippen LogP contribution in [-0.2, 0) is 6.54 Å². The van der Waals surface area contributed by atoms with Crippen LogP contribution in [0, 0.1) is 3.57 Å². The molecule has 0 unspecified atom stereocenters. The summed E-state index contributed by atoms with van der Waals surface area (Å²) in [5.41, 5.74) is 0.991. The lowest BCUT2D eigenvalue weighted by Crippen LogP contribution is -2.34. The summed E-state index contributed by atoms with van der Waals surface area (Å²) in [4.78, 5) is 25.0. The zero-order chi connectivity index (χ0) is 16.8. The first kappa shape index (κ1) is 17.7. The Morgan fingerprint density at radius 1 is 1.30 bits per heavy atom. The second-order valence-electron chi connectivity index (χ2n) is 5.53. The first-order chi connectivity index (χ1) is 11.0. The molecule has 0 aliphatic heterocycles. The molecule has 0 fully saturated rings. The van der Waals surface area contributed by atoms with E-state index in [2.05, 4.69) is 34.8 Å². The molecule has 1 N–H and O–H groups in total. The molecule has 1 atom stereocenters. The van der Waals surface area contributed by atoms with Crippen molar-refractivity contribution in [3.8, 4) is 0 Å². The number of benzene rings is 1. The highest BCUT2D eigenvalue weighted by Gasteiger charge is 2.16. The van der Waals surface area contributed by atoms with Crippen molar-refractivity contribution in [2.24, 2.45) is 0 Å². The van der Waals surface area contributed by atoms with E-state index < -0.39 is 0 Å². The summed E-state index contributed by atoms with van der Waals surface area (Å²) in [6.45, 7) is 4.63. The molecule has 1 aromatic carbocycles. The van der Waals surface area contributed by atoms with Crippen LogP contribution in [0.4, 0.5) is 0 Å². The molecule has 2 rings (SSSR count). The van der Waals surface area contributed by atoms with E-state index in [-0.39, 0.29) is 23.1 Å². The maximum Gasteiger partial charge on any atom is 0.263 e. The second kappa shape index (κ2) is 8.29. The predicted molar refractivity (Wildman–Crippen MR) is 101 cm³/mol. The van der Waals surface area contributed by atoms with Gasteiger partial charge in [-0.05, 0) is 47.6 Å². The summed E-state index contributed by atoms with van der Waals surface area (Å²) in [6.07, 6.45) is 3.72. The number of hydrogen-bond donors (Lipinski definition) is 1. The highest BCUT2D eigenvalue weighted by atomic mass is 127. The molecule has 1 amide bonds. The van der Waals surface area contributed by atoms with E-state index in [9.17, 15) is 9.59 Å². The Hall–Kier alpha value is -1.63. The van der Waals surface area contributed by atoms with Gasteiger partial charge in [-0.15, -0.1) is 0 Å². The lowest BCUT2D eigenvalue weighted by atomic mass is 10.1. The number of halogens is 1. The van der Waals surface area contributed by atoms with E-state index in [0.717, 1.165) is 22.0 Å². The smallest absolute Gasteiger partial charge is 0.263 e. The Labute approximate surface area is 150 Å². The Bertz CT molecular complexity index is 726. The SMILES string of the molecule is CCCCn1cc(I)cc(C(=O)N[C@H](C)c2ccccc2)c1=O. The maximum atomic E-state index is 12.5. The number of nitrogens with zero attached hydrogens (tertiary/aromatic N) is 1. The number of pyridine rings is 1. The summed E-state index contributed by atoms with van der Waals surface area (Å²) < 4.78 is 2.52. The number of unbranched alkanes of at least 4 members (excludes halogenated alkanes) is 1. The number of nitrogens with one attached hydrogen (secondary N) is 1. The fourth-order valence-corrected chi connectivity index (χ4v) is 3.00. The minimum absolute atomic E-state index is 0.148. The van der Waals surface area contributed by atoms with Gasteiger partial charge in [-0.2, -0.15) is 0 Å². The van der Waals surface area contributed by atoms with Crippen molar-refractivity contribution in [3.63, 3.8) is 0 Å². The zero-order valence-corrected chi connectivity index (χ0v) is 15.5. The third-order valence-corrected chi connectivity index (χ3v) is 4.29. The number of carbonyl (C=O) groups is 1. The monoisotopic (exact) mass is 424 g/mol. The summed E-state index contributed by atoms with van der Waals surface area (Å²) in [5, 5.41) is 2.91. The van der Waals surface area contributed by atoms with Crippen LogP contribution in [0.3, 0.4) is 0 Å². The van der Waals surface area contributed by atoms with Crippen LogP contribution < -0.4 is 10.9 Å². The van der Waals surface area contributed by atoms with Crippen LogP contribution in [0.5, 0.6) is 0 Å². The van der Waals surface area contributed by atoms with Crippen molar-refractivity contribution in [1.29, 1.82) is 0 Å². The standard InChI is InChI=1S/C18H21IN2O2/c1-3-4-10-21-12-15(19)11-16(18(21)23)17(22)20-13(2)14-8-6-5-7-9-14/h5-9,11-13H,3-4,10H2,1-2H3,(H,20,22)/t13-/m1/s1. The van der Waals surface area contributed by atoms with Crippen molar-refractivity contribution >= 4 is 28.5 Å². The van der Waals surface area contributed by atoms with Gasteiger partial charge in [-0.3, -0.25) is 9.59 Å². The van der Waals surface area contributed by atoms with Crippen LogP contribution >= 0.6 is 22.6 Å². The molecular formula is C18H21IN2O2. The van der Waals surface area contributed by atoms with E-state index in [4.69, 9.17) is 0 Å². The van der Waals surface area contributed by atoms with Gasteiger partial charge in [0.25, 0.3) is 11.5 Å². The molecule has 5 heteroatoms. The summed E-state index contributed by atoms with van der Waals surface area (Å²) in [6, 6.07) is 11.2. The maximum absolute atomic E-state index is 12.5. The van der Waals surface area contributed by atoms with Crippen molar-refractivity contribution in [3.05, 3.63) is 67.6 Å². The van der Waals surface area contributed by atoms with Gasteiger partial charge >= 0.3 is 0 Å². The Balaban J connectivity index is 2.22. The van der Waals surface area contributed by atoms with Crippen molar-refractivity contribution < 1.29 is 4.79 Å². The predicted octanol–water partition coefficient (Wildman–Crippen LogP) is 3.74. The molecule has 0 bridgehead atoms. The largest absolute Gasteiger partial charge is 0.345 e. The van der Waals surface area contributed by atoms with Gasteiger partial charge < -0.3 is 9.88 Å². The Kier molecular flexibility index (Phi) is 6.38. The molecule has 0 saturated carbocycles. The quantitative estimate of drug-likeness (QED) is 0.719. The third-order valence-electron chi connectivity index (χ3n) is 3.70. The molecule has 0 spiro atoms. The molecule has 2 aromatic rings. The Morgan fingerprint density at radius 3 is 2.65 bits per heavy atom. The van der Waals surface area contributed by atoms with E-state index in [0.29, 0.717) is 6.54 Å². The fourth-order valence-electron chi connectivity index (χ4n) is 2.36. The molecule has 0 radical (unpaired) electrons. The molecule has 4 nitrogen and oxygen atoms in total. The molecule has 23 heavy (non-hydrogen) atoms. The van der Waals surface area contributed by atoms with Gasteiger partial charge in [0.05, 0.1) is 6.04 Å². The van der Waals surface area contributed by atoms with E-state index >= 15 is 0 Å². The lowest BCUT2D eigenvalue weighted by molar-refractivity contribution is 0.0937. The molecule has 0 aliphatic carbocycles. The van der Waals surface area contributed by atoms with E-state index in [1.165, 1.54) is 0 Å². The summed E-state index contributed by atoms with van der Waals surface area (Å²) in [7, 11) is 0. The van der Waals surface area contributed by atoms with Crippen LogP contribution in [0.1, 0.15) is 48.7 Å². The van der Waals surface area contributed by atoms with Gasteiger partial charge in [0.1, 0.15) is 5.56 Å². The Morgan fingerprint density at radius 2 is 2.00 bits per heavy atom. The molecule has 1 heterocycles. The van der Waals surface area contributed by atoms with E-state index in [1.54, 1.807) is 16.8 Å². The minimum atomic E-state index is -0.324. The number of aryl methyl sites for hydroxylation is 1. The van der Waals surface area contributed by atoms with E-state index in [1.807, 2.05) is 37.3 Å².